The topological polar surface area (TPSA) is 29.9 Å². The molecule has 0 saturated carbocycles. The number of nitrogens with zero attached hydrogens (tertiary/aromatic N) is 2. The fraction of sp³-hybridized carbons (Fsp3) is 0.364. The highest BCUT2D eigenvalue weighted by molar-refractivity contribution is 5.90. The van der Waals surface area contributed by atoms with E-state index in [1.54, 1.807) is 0 Å². The maximum absolute atomic E-state index is 4.57. The SMILES string of the molecule is Cc1cc2c3c(c1)nc(C)n3CCN2. The van der Waals surface area contributed by atoms with Crippen LogP contribution in [0.3, 0.4) is 0 Å². The Morgan fingerprint density at radius 2 is 2.21 bits per heavy atom. The summed E-state index contributed by atoms with van der Waals surface area (Å²) in [7, 11) is 0. The molecule has 1 aromatic carbocycles. The van der Waals surface area contributed by atoms with Gasteiger partial charge in [0.2, 0.25) is 0 Å². The summed E-state index contributed by atoms with van der Waals surface area (Å²) in [6.45, 7) is 6.21. The number of aryl methyl sites for hydroxylation is 2. The number of aromatic nitrogens is 2. The van der Waals surface area contributed by atoms with Gasteiger partial charge in [-0.15, -0.1) is 0 Å². The van der Waals surface area contributed by atoms with Gasteiger partial charge in [0, 0.05) is 13.1 Å². The fourth-order valence-electron chi connectivity index (χ4n) is 2.24. The van der Waals surface area contributed by atoms with Gasteiger partial charge < -0.3 is 9.88 Å². The van der Waals surface area contributed by atoms with E-state index in [-0.39, 0.29) is 0 Å². The minimum absolute atomic E-state index is 1.00. The van der Waals surface area contributed by atoms with E-state index in [9.17, 15) is 0 Å². The molecule has 2 heterocycles. The third-order valence-electron chi connectivity index (χ3n) is 2.83. The van der Waals surface area contributed by atoms with Gasteiger partial charge in [-0.2, -0.15) is 0 Å². The van der Waals surface area contributed by atoms with Crippen LogP contribution in [0.4, 0.5) is 5.69 Å². The molecule has 1 N–H and O–H groups in total. The van der Waals surface area contributed by atoms with Crippen molar-refractivity contribution in [3.63, 3.8) is 0 Å². The number of imidazole rings is 1. The molecule has 0 fully saturated rings. The standard InChI is InChI=1S/C11H13N3/c1-7-5-9-11-10(6-7)13-8(2)14(11)4-3-12-9/h5-6,12H,3-4H2,1-2H3. The first-order valence-corrected chi connectivity index (χ1v) is 4.97. The van der Waals surface area contributed by atoms with Crippen LogP contribution in [0.25, 0.3) is 11.0 Å². The quantitative estimate of drug-likeness (QED) is 0.684. The maximum Gasteiger partial charge on any atom is 0.106 e. The van der Waals surface area contributed by atoms with Gasteiger partial charge >= 0.3 is 0 Å². The van der Waals surface area contributed by atoms with Crippen LogP contribution in [0.15, 0.2) is 12.1 Å². The summed E-state index contributed by atoms with van der Waals surface area (Å²) in [4.78, 5) is 4.57. The predicted molar refractivity (Wildman–Crippen MR) is 57.7 cm³/mol. The summed E-state index contributed by atoms with van der Waals surface area (Å²) < 4.78 is 2.29. The Morgan fingerprint density at radius 3 is 3.07 bits per heavy atom. The molecule has 0 amide bonds. The summed E-state index contributed by atoms with van der Waals surface area (Å²) in [6.07, 6.45) is 0. The van der Waals surface area contributed by atoms with Gasteiger partial charge in [-0.1, -0.05) is 0 Å². The van der Waals surface area contributed by atoms with Crippen molar-refractivity contribution >= 4 is 16.7 Å². The molecule has 72 valence electrons. The first-order chi connectivity index (χ1) is 6.75. The zero-order chi connectivity index (χ0) is 9.71. The van der Waals surface area contributed by atoms with Crippen molar-refractivity contribution in [1.29, 1.82) is 0 Å². The summed E-state index contributed by atoms with van der Waals surface area (Å²) >= 11 is 0. The molecular formula is C11H13N3. The van der Waals surface area contributed by atoms with Gasteiger partial charge in [0.1, 0.15) is 5.82 Å². The molecule has 0 aliphatic carbocycles. The highest BCUT2D eigenvalue weighted by Gasteiger charge is 2.15. The van der Waals surface area contributed by atoms with Crippen molar-refractivity contribution in [2.75, 3.05) is 11.9 Å². The monoisotopic (exact) mass is 187 g/mol. The second-order valence-electron chi connectivity index (χ2n) is 3.92. The molecule has 0 radical (unpaired) electrons. The van der Waals surface area contributed by atoms with E-state index in [2.05, 4.69) is 40.8 Å². The molecule has 1 aliphatic heterocycles. The first-order valence-electron chi connectivity index (χ1n) is 4.97. The molecule has 3 rings (SSSR count). The largest absolute Gasteiger partial charge is 0.381 e. The molecule has 0 atom stereocenters. The van der Waals surface area contributed by atoms with Crippen LogP contribution in [0.2, 0.25) is 0 Å². The lowest BCUT2D eigenvalue weighted by molar-refractivity contribution is 0.708. The molecule has 2 aromatic rings. The Kier molecular flexibility index (Phi) is 1.40. The number of anilines is 1. The molecule has 3 heteroatoms. The smallest absolute Gasteiger partial charge is 0.106 e. The molecular weight excluding hydrogens is 174 g/mol. The number of nitrogens with one attached hydrogen (secondary N) is 1. The van der Waals surface area contributed by atoms with Crippen LogP contribution in [-0.4, -0.2) is 16.1 Å². The van der Waals surface area contributed by atoms with E-state index in [4.69, 9.17) is 0 Å². The Hall–Kier alpha value is -1.51. The van der Waals surface area contributed by atoms with Gasteiger partial charge in [-0.05, 0) is 31.5 Å². The average Bonchev–Trinajstić information content (AvgIpc) is 2.45. The van der Waals surface area contributed by atoms with Crippen molar-refractivity contribution in [2.45, 2.75) is 20.4 Å². The number of rotatable bonds is 0. The Balaban J connectivity index is 2.48. The zero-order valence-corrected chi connectivity index (χ0v) is 8.46. The van der Waals surface area contributed by atoms with Crippen LogP contribution >= 0.6 is 0 Å². The Labute approximate surface area is 82.8 Å². The van der Waals surface area contributed by atoms with Crippen molar-refractivity contribution < 1.29 is 0 Å². The van der Waals surface area contributed by atoms with Gasteiger partial charge in [0.05, 0.1) is 16.7 Å². The average molecular weight is 187 g/mol. The number of hydrogen-bond acceptors (Lipinski definition) is 2. The normalized spacial score (nSPS) is 14.4. The van der Waals surface area contributed by atoms with Crippen LogP contribution < -0.4 is 5.32 Å². The Morgan fingerprint density at radius 1 is 1.36 bits per heavy atom. The second kappa shape index (κ2) is 2.50. The van der Waals surface area contributed by atoms with Gasteiger partial charge in [-0.25, -0.2) is 4.98 Å². The summed E-state index contributed by atoms with van der Waals surface area (Å²) in [5, 5.41) is 3.42. The molecule has 0 unspecified atom stereocenters. The molecule has 14 heavy (non-hydrogen) atoms. The van der Waals surface area contributed by atoms with Crippen LogP contribution in [0.1, 0.15) is 11.4 Å². The van der Waals surface area contributed by atoms with Crippen molar-refractivity contribution in [1.82, 2.24) is 9.55 Å². The van der Waals surface area contributed by atoms with Crippen molar-refractivity contribution in [3.8, 4) is 0 Å². The zero-order valence-electron chi connectivity index (χ0n) is 8.46. The summed E-state index contributed by atoms with van der Waals surface area (Å²) in [6, 6.07) is 4.34. The van der Waals surface area contributed by atoms with Crippen LogP contribution in [0.5, 0.6) is 0 Å². The summed E-state index contributed by atoms with van der Waals surface area (Å²) in [5.74, 6) is 1.12. The van der Waals surface area contributed by atoms with E-state index in [0.717, 1.165) is 24.4 Å². The van der Waals surface area contributed by atoms with Crippen molar-refractivity contribution in [3.05, 3.63) is 23.5 Å². The second-order valence-corrected chi connectivity index (χ2v) is 3.92. The van der Waals surface area contributed by atoms with E-state index >= 15 is 0 Å². The molecule has 0 bridgehead atoms. The minimum Gasteiger partial charge on any atom is -0.381 e. The number of benzene rings is 1. The highest BCUT2D eigenvalue weighted by atomic mass is 15.1. The third-order valence-corrected chi connectivity index (χ3v) is 2.83. The molecule has 0 saturated heterocycles. The minimum atomic E-state index is 1.00. The molecule has 1 aromatic heterocycles. The first kappa shape index (κ1) is 7.85. The summed E-state index contributed by atoms with van der Waals surface area (Å²) in [5.41, 5.74) is 4.88. The highest BCUT2D eigenvalue weighted by Crippen LogP contribution is 2.28. The van der Waals surface area contributed by atoms with E-state index in [1.165, 1.54) is 16.8 Å². The lowest BCUT2D eigenvalue weighted by Gasteiger charge is -2.18. The molecule has 0 spiro atoms. The Bertz CT molecular complexity index is 511. The number of hydrogen-bond donors (Lipinski definition) is 1. The molecule has 1 aliphatic rings. The van der Waals surface area contributed by atoms with Crippen LogP contribution in [-0.2, 0) is 6.54 Å². The lowest BCUT2D eigenvalue weighted by atomic mass is 10.1. The van der Waals surface area contributed by atoms with E-state index in [1.807, 2.05) is 0 Å². The predicted octanol–water partition coefficient (Wildman–Crippen LogP) is 2.08. The van der Waals surface area contributed by atoms with Gasteiger partial charge in [-0.3, -0.25) is 0 Å². The maximum atomic E-state index is 4.57. The van der Waals surface area contributed by atoms with Crippen LogP contribution in [0, 0.1) is 13.8 Å². The molecule has 3 nitrogen and oxygen atoms in total. The van der Waals surface area contributed by atoms with Crippen molar-refractivity contribution in [2.24, 2.45) is 0 Å². The fourth-order valence-corrected chi connectivity index (χ4v) is 2.24. The van der Waals surface area contributed by atoms with E-state index in [0.29, 0.717) is 0 Å². The van der Waals surface area contributed by atoms with Gasteiger partial charge in [0.15, 0.2) is 0 Å². The third kappa shape index (κ3) is 0.895. The van der Waals surface area contributed by atoms with E-state index < -0.39 is 0 Å². The van der Waals surface area contributed by atoms with Gasteiger partial charge in [0.25, 0.3) is 0 Å². The lowest BCUT2D eigenvalue weighted by Crippen LogP contribution is -2.17.